The molecule has 7 nitrogen and oxygen atoms in total. The van der Waals surface area contributed by atoms with Crippen LogP contribution in [0.15, 0.2) is 0 Å². The Morgan fingerprint density at radius 1 is 1.26 bits per heavy atom. The third kappa shape index (κ3) is 2.85. The number of methoxy groups -OCH3 is 1. The quantitative estimate of drug-likeness (QED) is 0.881. The minimum absolute atomic E-state index is 0.138. The molecule has 1 aliphatic heterocycles. The molecule has 2 aromatic rings. The Bertz CT molecular complexity index is 687. The monoisotopic (exact) mass is 318 g/mol. The first kappa shape index (κ1) is 16.0. The molecule has 0 fully saturated rings. The van der Waals surface area contributed by atoms with Crippen molar-refractivity contribution in [1.82, 2.24) is 29.9 Å². The standard InChI is InChI=1S/C16H26N6O/c1-10(2)14-12(16(23-5)21(4)20-14)9-17-11(3)15-19-18-13-7-6-8-22(13)15/h10-11,17H,6-9H2,1-5H3/t11-/m0/s1. The molecular weight excluding hydrogens is 292 g/mol. The van der Waals surface area contributed by atoms with Crippen LogP contribution in [0.2, 0.25) is 0 Å². The zero-order valence-electron chi connectivity index (χ0n) is 14.6. The van der Waals surface area contributed by atoms with Crippen molar-refractivity contribution >= 4 is 0 Å². The molecule has 126 valence electrons. The molecule has 23 heavy (non-hydrogen) atoms. The number of aryl methyl sites for hydroxylation is 2. The number of hydrogen-bond donors (Lipinski definition) is 1. The van der Waals surface area contributed by atoms with Gasteiger partial charge in [-0.25, -0.2) is 4.68 Å². The van der Waals surface area contributed by atoms with E-state index in [0.717, 1.165) is 41.8 Å². The first-order valence-corrected chi connectivity index (χ1v) is 8.28. The van der Waals surface area contributed by atoms with Gasteiger partial charge < -0.3 is 14.6 Å². The molecule has 1 N–H and O–H groups in total. The normalized spacial score (nSPS) is 15.2. The van der Waals surface area contributed by atoms with E-state index in [-0.39, 0.29) is 6.04 Å². The molecule has 3 rings (SSSR count). The lowest BCUT2D eigenvalue weighted by atomic mass is 10.1. The third-order valence-corrected chi connectivity index (χ3v) is 4.47. The summed E-state index contributed by atoms with van der Waals surface area (Å²) in [5.41, 5.74) is 2.20. The summed E-state index contributed by atoms with van der Waals surface area (Å²) < 4.78 is 9.58. The van der Waals surface area contributed by atoms with Crippen LogP contribution in [0, 0.1) is 0 Å². The maximum atomic E-state index is 5.53. The zero-order chi connectivity index (χ0) is 16.6. The van der Waals surface area contributed by atoms with E-state index in [2.05, 4.69) is 46.0 Å². The molecular formula is C16H26N6O. The summed E-state index contributed by atoms with van der Waals surface area (Å²) in [7, 11) is 3.61. The van der Waals surface area contributed by atoms with E-state index in [0.29, 0.717) is 12.5 Å². The highest BCUT2D eigenvalue weighted by atomic mass is 16.5. The summed E-state index contributed by atoms with van der Waals surface area (Å²) in [5.74, 6) is 3.30. The van der Waals surface area contributed by atoms with E-state index in [1.54, 1.807) is 7.11 Å². The van der Waals surface area contributed by atoms with Crippen molar-refractivity contribution in [3.8, 4) is 5.88 Å². The highest BCUT2D eigenvalue weighted by Gasteiger charge is 2.23. The second-order valence-electron chi connectivity index (χ2n) is 6.48. The molecule has 3 heterocycles. The van der Waals surface area contributed by atoms with Crippen LogP contribution in [0.25, 0.3) is 0 Å². The third-order valence-electron chi connectivity index (χ3n) is 4.47. The van der Waals surface area contributed by atoms with Gasteiger partial charge in [0.2, 0.25) is 5.88 Å². The van der Waals surface area contributed by atoms with Gasteiger partial charge >= 0.3 is 0 Å². The molecule has 0 saturated heterocycles. The number of fused-ring (bicyclic) bond motifs is 1. The summed E-state index contributed by atoms with van der Waals surface area (Å²) in [6.45, 7) is 8.17. The topological polar surface area (TPSA) is 69.8 Å². The summed E-state index contributed by atoms with van der Waals surface area (Å²) in [5, 5.41) is 16.8. The molecule has 0 spiro atoms. The fourth-order valence-electron chi connectivity index (χ4n) is 3.30. The largest absolute Gasteiger partial charge is 0.481 e. The molecule has 7 heteroatoms. The van der Waals surface area contributed by atoms with Crippen molar-refractivity contribution in [3.05, 3.63) is 22.9 Å². The van der Waals surface area contributed by atoms with Crippen molar-refractivity contribution in [2.75, 3.05) is 7.11 Å². The van der Waals surface area contributed by atoms with Gasteiger partial charge in [0, 0.05) is 26.6 Å². The van der Waals surface area contributed by atoms with Gasteiger partial charge in [0.05, 0.1) is 24.4 Å². The molecule has 0 aromatic carbocycles. The lowest BCUT2D eigenvalue weighted by Gasteiger charge is -2.15. The van der Waals surface area contributed by atoms with E-state index < -0.39 is 0 Å². The predicted octanol–water partition coefficient (Wildman–Crippen LogP) is 1.94. The highest BCUT2D eigenvalue weighted by molar-refractivity contribution is 5.33. The molecule has 0 bridgehead atoms. The molecule has 0 amide bonds. The second-order valence-corrected chi connectivity index (χ2v) is 6.48. The maximum absolute atomic E-state index is 5.53. The fraction of sp³-hybridized carbons (Fsp3) is 0.688. The first-order chi connectivity index (χ1) is 11.0. The van der Waals surface area contributed by atoms with E-state index in [4.69, 9.17) is 4.74 Å². The number of hydrogen-bond acceptors (Lipinski definition) is 5. The number of rotatable bonds is 6. The van der Waals surface area contributed by atoms with Gasteiger partial charge in [0.25, 0.3) is 0 Å². The van der Waals surface area contributed by atoms with E-state index in [1.807, 2.05) is 11.7 Å². The molecule has 0 unspecified atom stereocenters. The first-order valence-electron chi connectivity index (χ1n) is 8.28. The average molecular weight is 318 g/mol. The molecule has 0 radical (unpaired) electrons. The molecule has 1 aliphatic rings. The Labute approximate surface area is 137 Å². The smallest absolute Gasteiger partial charge is 0.216 e. The lowest BCUT2D eigenvalue weighted by molar-refractivity contribution is 0.366. The Morgan fingerprint density at radius 2 is 2.04 bits per heavy atom. The van der Waals surface area contributed by atoms with Gasteiger partial charge in [-0.05, 0) is 19.3 Å². The van der Waals surface area contributed by atoms with Crippen molar-refractivity contribution in [1.29, 1.82) is 0 Å². The number of nitrogens with zero attached hydrogens (tertiary/aromatic N) is 5. The summed E-state index contributed by atoms with van der Waals surface area (Å²) in [6.07, 6.45) is 2.20. The SMILES string of the molecule is COc1c(CN[C@@H](C)c2nnc3n2CCC3)c(C(C)C)nn1C. The summed E-state index contributed by atoms with van der Waals surface area (Å²) >= 11 is 0. The van der Waals surface area contributed by atoms with E-state index in [9.17, 15) is 0 Å². The Morgan fingerprint density at radius 3 is 2.74 bits per heavy atom. The minimum Gasteiger partial charge on any atom is -0.481 e. The molecule has 0 aliphatic carbocycles. The van der Waals surface area contributed by atoms with Gasteiger partial charge in [-0.3, -0.25) is 0 Å². The highest BCUT2D eigenvalue weighted by Crippen LogP contribution is 2.28. The van der Waals surface area contributed by atoms with Crippen molar-refractivity contribution in [2.45, 2.75) is 58.7 Å². The zero-order valence-corrected chi connectivity index (χ0v) is 14.6. The van der Waals surface area contributed by atoms with Crippen LogP contribution in [0.5, 0.6) is 5.88 Å². The van der Waals surface area contributed by atoms with Crippen LogP contribution in [0.3, 0.4) is 0 Å². The molecule has 1 atom stereocenters. The minimum atomic E-state index is 0.138. The number of nitrogens with one attached hydrogen (secondary N) is 1. The van der Waals surface area contributed by atoms with Crippen LogP contribution in [0.1, 0.15) is 62.1 Å². The fourth-order valence-corrected chi connectivity index (χ4v) is 3.30. The van der Waals surface area contributed by atoms with E-state index >= 15 is 0 Å². The molecule has 2 aromatic heterocycles. The van der Waals surface area contributed by atoms with Crippen molar-refractivity contribution < 1.29 is 4.74 Å². The van der Waals surface area contributed by atoms with Crippen LogP contribution >= 0.6 is 0 Å². The second kappa shape index (κ2) is 6.31. The molecule has 0 saturated carbocycles. The van der Waals surface area contributed by atoms with Crippen LogP contribution < -0.4 is 10.1 Å². The lowest BCUT2D eigenvalue weighted by Crippen LogP contribution is -2.22. The number of aromatic nitrogens is 5. The van der Waals surface area contributed by atoms with Gasteiger partial charge in [-0.15, -0.1) is 10.2 Å². The van der Waals surface area contributed by atoms with Crippen LogP contribution in [-0.2, 0) is 26.6 Å². The van der Waals surface area contributed by atoms with Gasteiger partial charge in [0.15, 0.2) is 0 Å². The maximum Gasteiger partial charge on any atom is 0.216 e. The van der Waals surface area contributed by atoms with Gasteiger partial charge in [0.1, 0.15) is 11.6 Å². The van der Waals surface area contributed by atoms with Crippen molar-refractivity contribution in [3.63, 3.8) is 0 Å². The predicted molar refractivity (Wildman–Crippen MR) is 87.4 cm³/mol. The van der Waals surface area contributed by atoms with Gasteiger partial charge in [-0.1, -0.05) is 13.8 Å². The summed E-state index contributed by atoms with van der Waals surface area (Å²) in [6, 6.07) is 0.138. The Hall–Kier alpha value is -1.89. The average Bonchev–Trinajstić information content (AvgIpc) is 3.17. The Balaban J connectivity index is 1.77. The van der Waals surface area contributed by atoms with Crippen LogP contribution in [0.4, 0.5) is 0 Å². The van der Waals surface area contributed by atoms with Crippen molar-refractivity contribution in [2.24, 2.45) is 7.05 Å². The Kier molecular flexibility index (Phi) is 4.39. The van der Waals surface area contributed by atoms with Crippen LogP contribution in [-0.4, -0.2) is 31.7 Å². The summed E-state index contributed by atoms with van der Waals surface area (Å²) in [4.78, 5) is 0. The van der Waals surface area contributed by atoms with Gasteiger partial charge in [-0.2, -0.15) is 5.10 Å². The number of ether oxygens (including phenoxy) is 1. The van der Waals surface area contributed by atoms with E-state index in [1.165, 1.54) is 6.42 Å².